The van der Waals surface area contributed by atoms with E-state index >= 15 is 0 Å². The lowest BCUT2D eigenvalue weighted by Gasteiger charge is -2.45. The Hall–Kier alpha value is -0.0800. The molecule has 0 amide bonds. The summed E-state index contributed by atoms with van der Waals surface area (Å²) in [5, 5.41) is 3.64. The number of unbranched alkanes of at least 4 members (excludes halogenated alkanes) is 2. The molecular formula is C18H38N2. The third kappa shape index (κ3) is 5.37. The minimum atomic E-state index is 0.457. The predicted octanol–water partition coefficient (Wildman–Crippen LogP) is 4.30. The zero-order valence-corrected chi connectivity index (χ0v) is 14.7. The van der Waals surface area contributed by atoms with Crippen LogP contribution in [0.4, 0.5) is 0 Å². The van der Waals surface area contributed by atoms with Gasteiger partial charge < -0.3 is 10.2 Å². The molecule has 1 N–H and O–H groups in total. The first kappa shape index (κ1) is 18.0. The predicted molar refractivity (Wildman–Crippen MR) is 90.2 cm³/mol. The summed E-state index contributed by atoms with van der Waals surface area (Å²) in [6, 6.07) is 0.682. The highest BCUT2D eigenvalue weighted by molar-refractivity contribution is 4.93. The lowest BCUT2D eigenvalue weighted by atomic mass is 9.68. The Morgan fingerprint density at radius 3 is 2.20 bits per heavy atom. The van der Waals surface area contributed by atoms with Crippen molar-refractivity contribution in [3.8, 4) is 0 Å². The van der Waals surface area contributed by atoms with Gasteiger partial charge in [0, 0.05) is 12.6 Å². The molecule has 2 nitrogen and oxygen atoms in total. The van der Waals surface area contributed by atoms with Gasteiger partial charge in [0.2, 0.25) is 0 Å². The van der Waals surface area contributed by atoms with Crippen LogP contribution in [0.25, 0.3) is 0 Å². The van der Waals surface area contributed by atoms with E-state index in [1.165, 1.54) is 64.6 Å². The third-order valence-corrected chi connectivity index (χ3v) is 5.17. The molecule has 1 aliphatic rings. The zero-order chi connectivity index (χ0) is 15.0. The Morgan fingerprint density at radius 2 is 1.70 bits per heavy atom. The van der Waals surface area contributed by atoms with Crippen LogP contribution in [0.3, 0.4) is 0 Å². The lowest BCUT2D eigenvalue weighted by Crippen LogP contribution is -2.51. The fraction of sp³-hybridized carbons (Fsp3) is 1.00. The Labute approximate surface area is 127 Å². The van der Waals surface area contributed by atoms with E-state index in [9.17, 15) is 0 Å². The average molecular weight is 283 g/mol. The molecule has 2 unspecified atom stereocenters. The van der Waals surface area contributed by atoms with E-state index in [0.29, 0.717) is 11.5 Å². The molecule has 20 heavy (non-hydrogen) atoms. The Kier molecular flexibility index (Phi) is 8.13. The van der Waals surface area contributed by atoms with Crippen molar-refractivity contribution in [1.29, 1.82) is 0 Å². The fourth-order valence-electron chi connectivity index (χ4n) is 3.99. The van der Waals surface area contributed by atoms with E-state index in [0.717, 1.165) is 5.92 Å². The highest BCUT2D eigenvalue weighted by Gasteiger charge is 2.38. The van der Waals surface area contributed by atoms with Gasteiger partial charge in [-0.2, -0.15) is 0 Å². The van der Waals surface area contributed by atoms with Gasteiger partial charge in [-0.25, -0.2) is 0 Å². The van der Waals surface area contributed by atoms with Gasteiger partial charge in [-0.1, -0.05) is 47.0 Å². The summed E-state index contributed by atoms with van der Waals surface area (Å²) in [5.74, 6) is 0.831. The minimum absolute atomic E-state index is 0.457. The molecule has 0 bridgehead atoms. The van der Waals surface area contributed by atoms with Gasteiger partial charge in [-0.3, -0.25) is 0 Å². The molecule has 0 aliphatic heterocycles. The van der Waals surface area contributed by atoms with E-state index < -0.39 is 0 Å². The van der Waals surface area contributed by atoms with Gasteiger partial charge in [0.25, 0.3) is 0 Å². The molecule has 0 aromatic rings. The van der Waals surface area contributed by atoms with Crippen molar-refractivity contribution in [2.24, 2.45) is 11.3 Å². The summed E-state index contributed by atoms with van der Waals surface area (Å²) >= 11 is 0. The number of hydrogen-bond donors (Lipinski definition) is 1. The van der Waals surface area contributed by atoms with Crippen LogP contribution in [-0.2, 0) is 0 Å². The fourth-order valence-corrected chi connectivity index (χ4v) is 3.99. The van der Waals surface area contributed by atoms with Crippen molar-refractivity contribution >= 4 is 0 Å². The minimum Gasteiger partial charge on any atom is -0.316 e. The number of rotatable bonds is 9. The Balaban J connectivity index is 2.59. The van der Waals surface area contributed by atoms with Gasteiger partial charge in [0.15, 0.2) is 0 Å². The second-order valence-electron chi connectivity index (χ2n) is 7.41. The van der Waals surface area contributed by atoms with Crippen LogP contribution in [0.5, 0.6) is 0 Å². The quantitative estimate of drug-likeness (QED) is 0.678. The van der Waals surface area contributed by atoms with Crippen LogP contribution in [0.15, 0.2) is 0 Å². The normalized spacial score (nSPS) is 26.1. The standard InChI is InChI=1S/C18H38N2/c1-6-8-13-20(14-9-7-2)15-16-11-10-12-18(3,4)17(16)19-5/h16-17,19H,6-15H2,1-5H3. The van der Waals surface area contributed by atoms with Crippen molar-refractivity contribution in [1.82, 2.24) is 10.2 Å². The van der Waals surface area contributed by atoms with Crippen LogP contribution in [0.1, 0.15) is 72.6 Å². The maximum absolute atomic E-state index is 3.64. The first-order chi connectivity index (χ1) is 9.55. The molecule has 0 aromatic heterocycles. The van der Waals surface area contributed by atoms with Crippen LogP contribution in [-0.4, -0.2) is 37.6 Å². The maximum atomic E-state index is 3.64. The van der Waals surface area contributed by atoms with Crippen LogP contribution < -0.4 is 5.32 Å². The largest absolute Gasteiger partial charge is 0.316 e. The first-order valence-electron chi connectivity index (χ1n) is 8.94. The second-order valence-corrected chi connectivity index (χ2v) is 7.41. The summed E-state index contributed by atoms with van der Waals surface area (Å²) in [6.45, 7) is 13.4. The van der Waals surface area contributed by atoms with Gasteiger partial charge in [0.1, 0.15) is 0 Å². The van der Waals surface area contributed by atoms with Gasteiger partial charge in [-0.15, -0.1) is 0 Å². The monoisotopic (exact) mass is 282 g/mol. The summed E-state index contributed by atoms with van der Waals surface area (Å²) in [4.78, 5) is 2.74. The third-order valence-electron chi connectivity index (χ3n) is 5.17. The van der Waals surface area contributed by atoms with E-state index in [2.05, 4.69) is 45.0 Å². The average Bonchev–Trinajstić information content (AvgIpc) is 2.41. The summed E-state index contributed by atoms with van der Waals surface area (Å²) < 4.78 is 0. The van der Waals surface area contributed by atoms with Gasteiger partial charge in [0.05, 0.1) is 0 Å². The second kappa shape index (κ2) is 9.04. The molecule has 2 atom stereocenters. The highest BCUT2D eigenvalue weighted by atomic mass is 15.1. The van der Waals surface area contributed by atoms with E-state index in [1.807, 2.05) is 0 Å². The van der Waals surface area contributed by atoms with Crippen LogP contribution in [0, 0.1) is 11.3 Å². The molecule has 1 rings (SSSR count). The van der Waals surface area contributed by atoms with Crippen molar-refractivity contribution in [3.63, 3.8) is 0 Å². The Bertz CT molecular complexity index is 242. The maximum Gasteiger partial charge on any atom is 0.0156 e. The molecule has 0 aromatic carbocycles. The molecule has 1 saturated carbocycles. The molecular weight excluding hydrogens is 244 g/mol. The topological polar surface area (TPSA) is 15.3 Å². The number of nitrogens with one attached hydrogen (secondary N) is 1. The molecule has 120 valence electrons. The summed E-state index contributed by atoms with van der Waals surface area (Å²) in [6.07, 6.45) is 9.52. The van der Waals surface area contributed by atoms with Crippen molar-refractivity contribution in [3.05, 3.63) is 0 Å². The van der Waals surface area contributed by atoms with Crippen LogP contribution >= 0.6 is 0 Å². The van der Waals surface area contributed by atoms with Crippen molar-refractivity contribution in [2.75, 3.05) is 26.7 Å². The lowest BCUT2D eigenvalue weighted by molar-refractivity contribution is 0.0824. The highest BCUT2D eigenvalue weighted by Crippen LogP contribution is 2.39. The summed E-state index contributed by atoms with van der Waals surface area (Å²) in [7, 11) is 2.16. The molecule has 1 fully saturated rings. The number of hydrogen-bond acceptors (Lipinski definition) is 2. The molecule has 1 aliphatic carbocycles. The van der Waals surface area contributed by atoms with E-state index in [1.54, 1.807) is 0 Å². The van der Waals surface area contributed by atoms with E-state index in [4.69, 9.17) is 0 Å². The van der Waals surface area contributed by atoms with E-state index in [-0.39, 0.29) is 0 Å². The molecule has 0 saturated heterocycles. The Morgan fingerprint density at radius 1 is 1.10 bits per heavy atom. The molecule has 0 heterocycles. The number of nitrogens with zero attached hydrogens (tertiary/aromatic N) is 1. The zero-order valence-electron chi connectivity index (χ0n) is 14.7. The van der Waals surface area contributed by atoms with Crippen molar-refractivity contribution in [2.45, 2.75) is 78.7 Å². The molecule has 0 radical (unpaired) electrons. The molecule has 2 heteroatoms. The molecule has 0 spiro atoms. The van der Waals surface area contributed by atoms with Gasteiger partial charge >= 0.3 is 0 Å². The summed E-state index contributed by atoms with van der Waals surface area (Å²) in [5.41, 5.74) is 0.457. The van der Waals surface area contributed by atoms with Crippen molar-refractivity contribution < 1.29 is 0 Å². The smallest absolute Gasteiger partial charge is 0.0156 e. The SMILES string of the molecule is CCCCN(CCCC)CC1CCCC(C)(C)C1NC. The van der Waals surface area contributed by atoms with Gasteiger partial charge in [-0.05, 0) is 57.2 Å². The first-order valence-corrected chi connectivity index (χ1v) is 8.94. The van der Waals surface area contributed by atoms with Crippen LogP contribution in [0.2, 0.25) is 0 Å².